The zero-order chi connectivity index (χ0) is 35.0. The van der Waals surface area contributed by atoms with Crippen LogP contribution in [-0.2, 0) is 4.79 Å². The number of unbranched alkanes of at least 4 members (excludes halogenated alkanes) is 3. The van der Waals surface area contributed by atoms with Crippen LogP contribution in [-0.4, -0.2) is 61.3 Å². The third kappa shape index (κ3) is 6.49. The van der Waals surface area contributed by atoms with Gasteiger partial charge in [0, 0.05) is 6.54 Å². The van der Waals surface area contributed by atoms with E-state index in [2.05, 4.69) is 58.3 Å². The number of rotatable bonds is 15. The van der Waals surface area contributed by atoms with Crippen LogP contribution in [0.2, 0.25) is 0 Å². The van der Waals surface area contributed by atoms with Crippen molar-refractivity contribution in [3.05, 3.63) is 12.2 Å². The van der Waals surface area contributed by atoms with E-state index >= 15 is 0 Å². The molecule has 10 atom stereocenters. The lowest BCUT2D eigenvalue weighted by atomic mass is 9.32. The zero-order valence-electron chi connectivity index (χ0n) is 32.2. The first-order valence-corrected chi connectivity index (χ1v) is 20.5. The van der Waals surface area contributed by atoms with E-state index in [1.54, 1.807) is 0 Å². The van der Waals surface area contributed by atoms with Crippen LogP contribution in [0, 0.1) is 56.7 Å². The van der Waals surface area contributed by atoms with Crippen LogP contribution in [0.5, 0.6) is 0 Å². The molecule has 5 rings (SSSR count). The van der Waals surface area contributed by atoms with Crippen molar-refractivity contribution in [2.24, 2.45) is 68.1 Å². The molecule has 0 aromatic heterocycles. The quantitative estimate of drug-likeness (QED) is 0.106. The second-order valence-electron chi connectivity index (χ2n) is 19.0. The number of amides is 1. The number of nitrogens with zero attached hydrogens (tertiary/aromatic N) is 1. The molecule has 5 fully saturated rings. The Labute approximate surface area is 295 Å². The normalized spacial score (nSPS) is 41.6. The van der Waals surface area contributed by atoms with Gasteiger partial charge in [0.05, 0.1) is 11.5 Å². The fraction of sp³-hybridized carbons (Fsp3) is 0.929. The Morgan fingerprint density at radius 2 is 1.44 bits per heavy atom. The first-order chi connectivity index (χ1) is 22.7. The summed E-state index contributed by atoms with van der Waals surface area (Å²) in [5.74, 6) is 3.08. The molecule has 0 aliphatic heterocycles. The minimum Gasteiger partial charge on any atom is -0.393 e. The highest BCUT2D eigenvalue weighted by Gasteiger charge is 2.71. The summed E-state index contributed by atoms with van der Waals surface area (Å²) in [6.07, 6.45) is 18.1. The van der Waals surface area contributed by atoms with Gasteiger partial charge in [-0.05, 0) is 181 Å². The van der Waals surface area contributed by atoms with Gasteiger partial charge >= 0.3 is 0 Å². The number of hydrogen-bond acceptors (Lipinski definition) is 5. The van der Waals surface area contributed by atoms with E-state index in [0.717, 1.165) is 90.6 Å². The Morgan fingerprint density at radius 3 is 2.10 bits per heavy atom. The Balaban J connectivity index is 1.24. The third-order valence-corrected chi connectivity index (χ3v) is 16.5. The van der Waals surface area contributed by atoms with Gasteiger partial charge in [0.2, 0.25) is 5.91 Å². The summed E-state index contributed by atoms with van der Waals surface area (Å²) >= 11 is 0. The lowest BCUT2D eigenvalue weighted by molar-refractivity contribution is -0.246. The summed E-state index contributed by atoms with van der Waals surface area (Å²) in [6, 6.07) is 0. The van der Waals surface area contributed by atoms with Crippen LogP contribution in [0.25, 0.3) is 0 Å². The van der Waals surface area contributed by atoms with E-state index in [-0.39, 0.29) is 33.2 Å². The molecule has 0 aromatic rings. The lowest BCUT2D eigenvalue weighted by Crippen LogP contribution is -2.67. The van der Waals surface area contributed by atoms with Crippen molar-refractivity contribution >= 4 is 5.91 Å². The average molecular weight is 669 g/mol. The van der Waals surface area contributed by atoms with E-state index < -0.39 is 0 Å². The van der Waals surface area contributed by atoms with E-state index in [9.17, 15) is 9.90 Å². The van der Waals surface area contributed by atoms with E-state index in [4.69, 9.17) is 11.5 Å². The number of nitrogens with one attached hydrogen (secondary N) is 1. The number of carbonyl (C=O) groups is 1. The average Bonchev–Trinajstić information content (AvgIpc) is 3.45. The van der Waals surface area contributed by atoms with Crippen molar-refractivity contribution in [2.45, 2.75) is 150 Å². The second kappa shape index (κ2) is 15.0. The van der Waals surface area contributed by atoms with Crippen molar-refractivity contribution in [2.75, 3.05) is 39.3 Å². The van der Waals surface area contributed by atoms with Crippen molar-refractivity contribution < 1.29 is 9.90 Å². The van der Waals surface area contributed by atoms with Crippen LogP contribution >= 0.6 is 0 Å². The Morgan fingerprint density at radius 1 is 0.771 bits per heavy atom. The summed E-state index contributed by atoms with van der Waals surface area (Å²) in [6.45, 7) is 25.0. The minimum absolute atomic E-state index is 0.0162. The highest BCUT2D eigenvalue weighted by molar-refractivity contribution is 5.83. The summed E-state index contributed by atoms with van der Waals surface area (Å²) < 4.78 is 0. The molecule has 276 valence electrons. The standard InChI is InChI=1S/C42H76N4O2/c1-30(2)31-16-21-42(37(48)45-26-10-8-9-11-27-46(28-12-24-43)29-13-25-44)23-22-40(6)32(36(31)42)14-15-34-39(5)19-18-35(47)38(3,4)33(39)17-20-41(34,40)7/h31-36,47H,1,8-29,43-44H2,2-7H3,(H,45,48)/t31-,32+,33-,34+,35-,36+,39-,40+,41+,42-/m0/s1. The van der Waals surface area contributed by atoms with Crippen molar-refractivity contribution in [1.29, 1.82) is 0 Å². The van der Waals surface area contributed by atoms with Gasteiger partial charge in [-0.2, -0.15) is 0 Å². The Bertz CT molecular complexity index is 1120. The zero-order valence-corrected chi connectivity index (χ0v) is 32.2. The first kappa shape index (κ1) is 38.3. The molecule has 1 amide bonds. The number of allylic oxidation sites excluding steroid dienone is 1. The van der Waals surface area contributed by atoms with Crippen LogP contribution in [0.3, 0.4) is 0 Å². The van der Waals surface area contributed by atoms with Crippen LogP contribution in [0.15, 0.2) is 12.2 Å². The third-order valence-electron chi connectivity index (χ3n) is 16.5. The number of aliphatic hydroxyl groups is 1. The molecule has 6 heteroatoms. The maximum absolute atomic E-state index is 14.4. The van der Waals surface area contributed by atoms with Crippen molar-refractivity contribution in [3.63, 3.8) is 0 Å². The van der Waals surface area contributed by atoms with Crippen LogP contribution < -0.4 is 16.8 Å². The molecule has 0 aromatic carbocycles. The molecule has 0 unspecified atom stereocenters. The molecule has 0 bridgehead atoms. The topological polar surface area (TPSA) is 105 Å². The summed E-state index contributed by atoms with van der Waals surface area (Å²) in [5.41, 5.74) is 13.4. The molecule has 5 aliphatic carbocycles. The summed E-state index contributed by atoms with van der Waals surface area (Å²) in [4.78, 5) is 17.0. The smallest absolute Gasteiger partial charge is 0.226 e. The molecule has 0 radical (unpaired) electrons. The second-order valence-corrected chi connectivity index (χ2v) is 19.0. The van der Waals surface area contributed by atoms with Gasteiger partial charge < -0.3 is 26.8 Å². The van der Waals surface area contributed by atoms with Crippen molar-refractivity contribution in [3.8, 4) is 0 Å². The van der Waals surface area contributed by atoms with E-state index in [0.29, 0.717) is 35.5 Å². The van der Waals surface area contributed by atoms with Gasteiger partial charge in [0.25, 0.3) is 0 Å². The highest BCUT2D eigenvalue weighted by Crippen LogP contribution is 2.77. The largest absolute Gasteiger partial charge is 0.393 e. The maximum Gasteiger partial charge on any atom is 0.226 e. The maximum atomic E-state index is 14.4. The number of fused-ring (bicyclic) bond motifs is 7. The highest BCUT2D eigenvalue weighted by atomic mass is 16.3. The van der Waals surface area contributed by atoms with Gasteiger partial charge in [-0.15, -0.1) is 0 Å². The summed E-state index contributed by atoms with van der Waals surface area (Å²) in [5, 5.41) is 14.6. The van der Waals surface area contributed by atoms with E-state index in [1.807, 2.05) is 0 Å². The molecule has 48 heavy (non-hydrogen) atoms. The molecular weight excluding hydrogens is 592 g/mol. The van der Waals surface area contributed by atoms with Gasteiger partial charge in [-0.1, -0.05) is 59.6 Å². The SMILES string of the molecule is C=C(C)[C@@H]1CC[C@]2(C(=O)NCCCCCCN(CCCN)CCCN)CC[C@]3(C)[C@H](CC[C@@H]4[C@@]5(C)CC[C@H](O)C(C)(C)[C@@H]5CC[C@]43C)[C@@H]12. The van der Waals surface area contributed by atoms with Gasteiger partial charge in [-0.3, -0.25) is 4.79 Å². The Hall–Kier alpha value is -0.950. The molecule has 5 saturated carbocycles. The van der Waals surface area contributed by atoms with Crippen LogP contribution in [0.1, 0.15) is 144 Å². The monoisotopic (exact) mass is 669 g/mol. The molecule has 0 heterocycles. The van der Waals surface area contributed by atoms with Crippen molar-refractivity contribution in [1.82, 2.24) is 10.2 Å². The number of carbonyl (C=O) groups excluding carboxylic acids is 1. The molecular formula is C42H76N4O2. The van der Waals surface area contributed by atoms with Gasteiger partial charge in [0.1, 0.15) is 0 Å². The number of nitrogens with two attached hydrogens (primary N) is 2. The van der Waals surface area contributed by atoms with Gasteiger partial charge in [-0.25, -0.2) is 0 Å². The first-order valence-electron chi connectivity index (χ1n) is 20.5. The summed E-state index contributed by atoms with van der Waals surface area (Å²) in [7, 11) is 0. The number of aliphatic hydroxyl groups excluding tert-OH is 1. The molecule has 0 spiro atoms. The minimum atomic E-state index is -0.235. The Kier molecular flexibility index (Phi) is 11.9. The number of hydrogen-bond donors (Lipinski definition) is 4. The molecule has 6 nitrogen and oxygen atoms in total. The molecule has 5 aliphatic rings. The van der Waals surface area contributed by atoms with E-state index in [1.165, 1.54) is 56.9 Å². The predicted molar refractivity (Wildman–Crippen MR) is 200 cm³/mol. The predicted octanol–water partition coefficient (Wildman–Crippen LogP) is 7.68. The molecule has 0 saturated heterocycles. The molecule has 6 N–H and O–H groups in total. The van der Waals surface area contributed by atoms with Crippen LogP contribution in [0.4, 0.5) is 0 Å². The lowest BCUT2D eigenvalue weighted by Gasteiger charge is -2.72. The fourth-order valence-corrected chi connectivity index (χ4v) is 13.7. The fourth-order valence-electron chi connectivity index (χ4n) is 13.7. The van der Waals surface area contributed by atoms with Gasteiger partial charge in [0.15, 0.2) is 0 Å².